The summed E-state index contributed by atoms with van der Waals surface area (Å²) in [6, 6.07) is 12.6. The Hall–Kier alpha value is -3.06. The van der Waals surface area contributed by atoms with Crippen LogP contribution in [-0.4, -0.2) is 15.9 Å². The number of benzene rings is 2. The summed E-state index contributed by atoms with van der Waals surface area (Å²) in [7, 11) is 0. The molecule has 0 saturated carbocycles. The van der Waals surface area contributed by atoms with Gasteiger partial charge in [0.15, 0.2) is 5.11 Å². The van der Waals surface area contributed by atoms with Crippen LogP contribution in [0.15, 0.2) is 48.5 Å². The van der Waals surface area contributed by atoms with Crippen LogP contribution < -0.4 is 10.6 Å². The molecule has 2 rings (SSSR count). The predicted molar refractivity (Wildman–Crippen MR) is 102 cm³/mol. The summed E-state index contributed by atoms with van der Waals surface area (Å²) in [5, 5.41) is 16.4. The zero-order valence-electron chi connectivity index (χ0n) is 13.8. The van der Waals surface area contributed by atoms with Crippen molar-refractivity contribution in [1.82, 2.24) is 5.32 Å². The van der Waals surface area contributed by atoms with Gasteiger partial charge in [-0.2, -0.15) is 0 Å². The van der Waals surface area contributed by atoms with E-state index in [4.69, 9.17) is 12.2 Å². The number of anilines is 1. The van der Waals surface area contributed by atoms with Gasteiger partial charge in [0.2, 0.25) is 5.91 Å². The molecule has 0 bridgehead atoms. The number of nitrogens with one attached hydrogen (secondary N) is 2. The molecule has 0 aliphatic rings. The van der Waals surface area contributed by atoms with Gasteiger partial charge in [-0.25, -0.2) is 0 Å². The van der Waals surface area contributed by atoms with E-state index in [1.165, 1.54) is 12.1 Å². The van der Waals surface area contributed by atoms with Gasteiger partial charge in [-0.05, 0) is 48.8 Å². The summed E-state index contributed by atoms with van der Waals surface area (Å²) >= 11 is 5.08. The maximum absolute atomic E-state index is 11.9. The molecule has 25 heavy (non-hydrogen) atoms. The van der Waals surface area contributed by atoms with Gasteiger partial charge in [0.05, 0.1) is 4.92 Å². The lowest BCUT2D eigenvalue weighted by Crippen LogP contribution is -2.33. The summed E-state index contributed by atoms with van der Waals surface area (Å²) < 4.78 is 0. The maximum atomic E-state index is 11.9. The van der Waals surface area contributed by atoms with Crippen LogP contribution in [0.3, 0.4) is 0 Å². The predicted octanol–water partition coefficient (Wildman–Crippen LogP) is 3.74. The quantitative estimate of drug-likeness (QED) is 0.378. The molecule has 2 N–H and O–H groups in total. The molecule has 0 aromatic heterocycles. The first-order chi connectivity index (χ1) is 11.9. The Labute approximate surface area is 150 Å². The van der Waals surface area contributed by atoms with E-state index in [0.29, 0.717) is 5.56 Å². The molecule has 1 amide bonds. The molecule has 0 saturated heterocycles. The van der Waals surface area contributed by atoms with Gasteiger partial charge >= 0.3 is 0 Å². The molecule has 0 heterocycles. The Kier molecular flexibility index (Phi) is 5.97. The fraction of sp³-hybridized carbons (Fsp3) is 0.111. The van der Waals surface area contributed by atoms with E-state index in [0.717, 1.165) is 11.1 Å². The second-order valence-corrected chi connectivity index (χ2v) is 5.83. The molecule has 2 aromatic carbocycles. The van der Waals surface area contributed by atoms with Crippen molar-refractivity contribution < 1.29 is 9.72 Å². The third-order valence-corrected chi connectivity index (χ3v) is 3.56. The standard InChI is InChI=1S/C18H17N3O3S/c1-12-10-13(2)17(15(11-12)21(23)24)20-18(25)19-16(22)9-8-14-6-4-3-5-7-14/h3-11H,1-2H3,(H2,19,20,22,25)/b9-8+. The number of carbonyl (C=O) groups excluding carboxylic acids is 1. The van der Waals surface area contributed by atoms with E-state index >= 15 is 0 Å². The molecule has 0 unspecified atom stereocenters. The van der Waals surface area contributed by atoms with E-state index in [-0.39, 0.29) is 16.5 Å². The number of nitro benzene ring substituents is 1. The van der Waals surface area contributed by atoms with Gasteiger partial charge in [-0.3, -0.25) is 20.2 Å². The Morgan fingerprint density at radius 3 is 2.52 bits per heavy atom. The lowest BCUT2D eigenvalue weighted by Gasteiger charge is -2.12. The first-order valence-corrected chi connectivity index (χ1v) is 7.88. The van der Waals surface area contributed by atoms with Crippen LogP contribution >= 0.6 is 12.2 Å². The molecule has 0 spiro atoms. The highest BCUT2D eigenvalue weighted by Gasteiger charge is 2.18. The number of hydrogen-bond acceptors (Lipinski definition) is 4. The summed E-state index contributed by atoms with van der Waals surface area (Å²) in [6.07, 6.45) is 3.00. The smallest absolute Gasteiger partial charge is 0.293 e. The first kappa shape index (κ1) is 18.3. The second-order valence-electron chi connectivity index (χ2n) is 5.42. The SMILES string of the molecule is Cc1cc(C)c(NC(=S)NC(=O)/C=C/c2ccccc2)c([N+](=O)[O-])c1. The van der Waals surface area contributed by atoms with E-state index in [9.17, 15) is 14.9 Å². The third kappa shape index (κ3) is 5.22. The van der Waals surface area contributed by atoms with Gasteiger partial charge in [0.25, 0.3) is 5.69 Å². The fourth-order valence-electron chi connectivity index (χ4n) is 2.29. The first-order valence-electron chi connectivity index (χ1n) is 7.47. The molecule has 0 atom stereocenters. The summed E-state index contributed by atoms with van der Waals surface area (Å²) in [5.74, 6) is -0.422. The number of aryl methyl sites for hydroxylation is 2. The zero-order chi connectivity index (χ0) is 18.4. The topological polar surface area (TPSA) is 84.3 Å². The highest BCUT2D eigenvalue weighted by atomic mass is 32.1. The van der Waals surface area contributed by atoms with Gasteiger partial charge in [-0.15, -0.1) is 0 Å². The molecular weight excluding hydrogens is 338 g/mol. The average molecular weight is 355 g/mol. The highest BCUT2D eigenvalue weighted by molar-refractivity contribution is 7.80. The number of thiocarbonyl (C=S) groups is 1. The summed E-state index contributed by atoms with van der Waals surface area (Å²) in [4.78, 5) is 22.6. The maximum Gasteiger partial charge on any atom is 0.293 e. The van der Waals surface area contributed by atoms with Gasteiger partial charge in [-0.1, -0.05) is 36.4 Å². The molecule has 0 radical (unpaired) electrons. The van der Waals surface area contributed by atoms with Crippen molar-refractivity contribution in [2.45, 2.75) is 13.8 Å². The fourth-order valence-corrected chi connectivity index (χ4v) is 2.49. The lowest BCUT2D eigenvalue weighted by molar-refractivity contribution is -0.384. The number of nitro groups is 1. The zero-order valence-corrected chi connectivity index (χ0v) is 14.6. The normalized spacial score (nSPS) is 10.5. The Bertz CT molecular complexity index is 848. The molecule has 0 fully saturated rings. The van der Waals surface area contributed by atoms with Crippen LogP contribution in [0.2, 0.25) is 0 Å². The third-order valence-electron chi connectivity index (χ3n) is 3.36. The summed E-state index contributed by atoms with van der Waals surface area (Å²) in [6.45, 7) is 3.51. The number of carbonyl (C=O) groups is 1. The van der Waals surface area contributed by atoms with Crippen LogP contribution in [0.4, 0.5) is 11.4 Å². The monoisotopic (exact) mass is 355 g/mol. The van der Waals surface area contributed by atoms with E-state index in [1.807, 2.05) is 30.3 Å². The van der Waals surface area contributed by atoms with Gasteiger partial charge in [0, 0.05) is 12.1 Å². The minimum atomic E-state index is -0.484. The van der Waals surface area contributed by atoms with Crippen molar-refractivity contribution in [2.75, 3.05) is 5.32 Å². The molecule has 7 heteroatoms. The largest absolute Gasteiger partial charge is 0.327 e. The number of nitrogens with zero attached hydrogens (tertiary/aromatic N) is 1. The molecule has 0 aliphatic heterocycles. The lowest BCUT2D eigenvalue weighted by atomic mass is 10.1. The molecular formula is C18H17N3O3S. The van der Waals surface area contributed by atoms with Crippen molar-refractivity contribution in [3.63, 3.8) is 0 Å². The van der Waals surface area contributed by atoms with E-state index < -0.39 is 10.8 Å². The average Bonchev–Trinajstić information content (AvgIpc) is 2.56. The van der Waals surface area contributed by atoms with E-state index in [1.54, 1.807) is 26.0 Å². The summed E-state index contributed by atoms with van der Waals surface area (Å²) in [5.41, 5.74) is 2.50. The Morgan fingerprint density at radius 1 is 1.20 bits per heavy atom. The van der Waals surface area contributed by atoms with Crippen LogP contribution in [0, 0.1) is 24.0 Å². The molecule has 6 nitrogen and oxygen atoms in total. The number of rotatable bonds is 4. The Balaban J connectivity index is 2.07. The number of amides is 1. The number of hydrogen-bond donors (Lipinski definition) is 2. The Morgan fingerprint density at radius 2 is 1.88 bits per heavy atom. The van der Waals surface area contributed by atoms with Gasteiger partial charge < -0.3 is 5.32 Å². The van der Waals surface area contributed by atoms with Crippen LogP contribution in [0.5, 0.6) is 0 Å². The minimum absolute atomic E-state index is 0.00207. The second kappa shape index (κ2) is 8.16. The van der Waals surface area contributed by atoms with Crippen LogP contribution in [0.25, 0.3) is 6.08 Å². The van der Waals surface area contributed by atoms with Crippen molar-refractivity contribution in [1.29, 1.82) is 0 Å². The molecule has 2 aromatic rings. The van der Waals surface area contributed by atoms with Crippen molar-refractivity contribution in [3.05, 3.63) is 75.3 Å². The molecule has 128 valence electrons. The van der Waals surface area contributed by atoms with Crippen LogP contribution in [0.1, 0.15) is 16.7 Å². The van der Waals surface area contributed by atoms with Crippen molar-refractivity contribution in [3.8, 4) is 0 Å². The van der Waals surface area contributed by atoms with Crippen molar-refractivity contribution >= 4 is 40.7 Å². The van der Waals surface area contributed by atoms with Crippen molar-refractivity contribution in [2.24, 2.45) is 0 Å². The highest BCUT2D eigenvalue weighted by Crippen LogP contribution is 2.29. The van der Waals surface area contributed by atoms with Gasteiger partial charge in [0.1, 0.15) is 5.69 Å². The van der Waals surface area contributed by atoms with E-state index in [2.05, 4.69) is 10.6 Å². The minimum Gasteiger partial charge on any atom is -0.327 e. The van der Waals surface area contributed by atoms with Crippen LogP contribution in [-0.2, 0) is 4.79 Å². The molecule has 0 aliphatic carbocycles.